The lowest BCUT2D eigenvalue weighted by atomic mass is 10.1. The van der Waals surface area contributed by atoms with Crippen LogP contribution in [0.2, 0.25) is 0 Å². The molecule has 1 N–H and O–H groups in total. The van der Waals surface area contributed by atoms with Crippen molar-refractivity contribution in [3.63, 3.8) is 0 Å². The van der Waals surface area contributed by atoms with Gasteiger partial charge in [-0.25, -0.2) is 9.18 Å². The number of rotatable bonds is 5. The Morgan fingerprint density at radius 2 is 1.80 bits per heavy atom. The Hall–Kier alpha value is -2.31. The number of nitrogens with zero attached hydrogens (tertiary/aromatic N) is 3. The Morgan fingerprint density at radius 1 is 1.16 bits per heavy atom. The van der Waals surface area contributed by atoms with E-state index >= 15 is 0 Å². The van der Waals surface area contributed by atoms with Crippen LogP contribution in [0.15, 0.2) is 29.3 Å². The van der Waals surface area contributed by atoms with Crippen molar-refractivity contribution in [1.29, 1.82) is 0 Å². The molecule has 0 aromatic heterocycles. The van der Waals surface area contributed by atoms with Crippen molar-refractivity contribution < 1.29 is 13.9 Å². The first-order chi connectivity index (χ1) is 12.1. The van der Waals surface area contributed by atoms with Crippen molar-refractivity contribution in [2.24, 2.45) is 4.99 Å². The summed E-state index contributed by atoms with van der Waals surface area (Å²) in [6.07, 6.45) is 0.512. The molecule has 1 aliphatic heterocycles. The second-order valence-corrected chi connectivity index (χ2v) is 5.79. The highest BCUT2D eigenvalue weighted by atomic mass is 19.1. The zero-order chi connectivity index (χ0) is 18.1. The van der Waals surface area contributed by atoms with Crippen molar-refractivity contribution in [1.82, 2.24) is 15.1 Å². The van der Waals surface area contributed by atoms with Gasteiger partial charge in [0.05, 0.1) is 6.61 Å². The second kappa shape index (κ2) is 9.86. The third kappa shape index (κ3) is 5.92. The van der Waals surface area contributed by atoms with Gasteiger partial charge in [0.15, 0.2) is 5.96 Å². The fourth-order valence-electron chi connectivity index (χ4n) is 2.68. The van der Waals surface area contributed by atoms with E-state index in [-0.39, 0.29) is 11.9 Å². The first-order valence-electron chi connectivity index (χ1n) is 8.83. The predicted octanol–water partition coefficient (Wildman–Crippen LogP) is 2.11. The van der Waals surface area contributed by atoms with Gasteiger partial charge < -0.3 is 19.9 Å². The first kappa shape index (κ1) is 19.0. The third-order valence-electron chi connectivity index (χ3n) is 4.02. The van der Waals surface area contributed by atoms with E-state index in [0.29, 0.717) is 26.2 Å². The van der Waals surface area contributed by atoms with Gasteiger partial charge in [0.1, 0.15) is 5.82 Å². The fraction of sp³-hybridized carbons (Fsp3) is 0.556. The second-order valence-electron chi connectivity index (χ2n) is 5.79. The largest absolute Gasteiger partial charge is 0.450 e. The number of hydrogen-bond donors (Lipinski definition) is 1. The molecule has 0 bridgehead atoms. The van der Waals surface area contributed by atoms with Crippen molar-refractivity contribution >= 4 is 12.1 Å². The highest BCUT2D eigenvalue weighted by Gasteiger charge is 2.23. The maximum Gasteiger partial charge on any atom is 0.409 e. The van der Waals surface area contributed by atoms with Crippen LogP contribution in [-0.4, -0.2) is 67.7 Å². The number of hydrogen-bond acceptors (Lipinski definition) is 3. The molecule has 7 heteroatoms. The molecule has 25 heavy (non-hydrogen) atoms. The summed E-state index contributed by atoms with van der Waals surface area (Å²) in [4.78, 5) is 20.3. The molecule has 0 radical (unpaired) electrons. The molecule has 0 saturated carbocycles. The number of ether oxygens (including phenoxy) is 1. The molecule has 1 aliphatic rings. The Balaban J connectivity index is 1.87. The van der Waals surface area contributed by atoms with Crippen LogP contribution >= 0.6 is 0 Å². The summed E-state index contributed by atoms with van der Waals surface area (Å²) in [7, 11) is 0. The van der Waals surface area contributed by atoms with Crippen LogP contribution in [0.1, 0.15) is 19.4 Å². The van der Waals surface area contributed by atoms with Crippen LogP contribution in [0.4, 0.5) is 9.18 Å². The van der Waals surface area contributed by atoms with E-state index in [1.54, 1.807) is 17.0 Å². The summed E-state index contributed by atoms with van der Waals surface area (Å²) in [5, 5.41) is 3.30. The summed E-state index contributed by atoms with van der Waals surface area (Å²) < 4.78 is 18.0. The van der Waals surface area contributed by atoms with E-state index < -0.39 is 0 Å². The summed E-state index contributed by atoms with van der Waals surface area (Å²) >= 11 is 0. The Labute approximate surface area is 148 Å². The van der Waals surface area contributed by atoms with Gasteiger partial charge in [0.25, 0.3) is 0 Å². The van der Waals surface area contributed by atoms with Crippen LogP contribution < -0.4 is 5.32 Å². The number of carbonyl (C=O) groups is 1. The van der Waals surface area contributed by atoms with E-state index in [2.05, 4.69) is 15.2 Å². The fourth-order valence-corrected chi connectivity index (χ4v) is 2.68. The summed E-state index contributed by atoms with van der Waals surface area (Å²) in [5.74, 6) is 0.633. The minimum Gasteiger partial charge on any atom is -0.450 e. The van der Waals surface area contributed by atoms with Gasteiger partial charge in [-0.2, -0.15) is 0 Å². The first-order valence-corrected chi connectivity index (χ1v) is 8.83. The van der Waals surface area contributed by atoms with Gasteiger partial charge in [-0.1, -0.05) is 12.1 Å². The van der Waals surface area contributed by atoms with Crippen LogP contribution in [0.3, 0.4) is 0 Å². The molecule has 1 aromatic carbocycles. The number of guanidine groups is 1. The maximum atomic E-state index is 12.9. The molecule has 1 aromatic rings. The number of amides is 1. The predicted molar refractivity (Wildman–Crippen MR) is 96.3 cm³/mol. The normalized spacial score (nSPS) is 15.2. The van der Waals surface area contributed by atoms with E-state index in [9.17, 15) is 9.18 Å². The number of nitrogens with one attached hydrogen (secondary N) is 1. The van der Waals surface area contributed by atoms with Gasteiger partial charge in [-0.05, 0) is 38.0 Å². The zero-order valence-electron chi connectivity index (χ0n) is 15.0. The van der Waals surface area contributed by atoms with Gasteiger partial charge in [-0.15, -0.1) is 0 Å². The molecule has 0 unspecified atom stereocenters. The summed E-state index contributed by atoms with van der Waals surface area (Å²) in [5.41, 5.74) is 1.06. The number of halogens is 1. The van der Waals surface area contributed by atoms with Gasteiger partial charge >= 0.3 is 6.09 Å². The minimum atomic E-state index is -0.250. The van der Waals surface area contributed by atoms with Crippen LogP contribution in [0.25, 0.3) is 0 Å². The molecule has 1 fully saturated rings. The van der Waals surface area contributed by atoms with Crippen molar-refractivity contribution in [3.8, 4) is 0 Å². The monoisotopic (exact) mass is 350 g/mol. The molecule has 1 amide bonds. The summed E-state index contributed by atoms with van der Waals surface area (Å²) in [6.45, 7) is 8.35. The van der Waals surface area contributed by atoms with Crippen LogP contribution in [0.5, 0.6) is 0 Å². The molecule has 1 heterocycles. The van der Waals surface area contributed by atoms with Crippen LogP contribution in [-0.2, 0) is 11.2 Å². The highest BCUT2D eigenvalue weighted by molar-refractivity contribution is 5.80. The molecule has 1 saturated heterocycles. The molecule has 6 nitrogen and oxygen atoms in total. The third-order valence-corrected chi connectivity index (χ3v) is 4.02. The molecule has 0 spiro atoms. The van der Waals surface area contributed by atoms with Gasteiger partial charge in [0.2, 0.25) is 0 Å². The van der Waals surface area contributed by atoms with Crippen LogP contribution in [0, 0.1) is 5.82 Å². The minimum absolute atomic E-state index is 0.222. The molecular weight excluding hydrogens is 323 g/mol. The Kier molecular flexibility index (Phi) is 7.50. The lowest BCUT2D eigenvalue weighted by Crippen LogP contribution is -2.54. The van der Waals surface area contributed by atoms with Gasteiger partial charge in [-0.3, -0.25) is 4.99 Å². The van der Waals surface area contributed by atoms with Gasteiger partial charge in [0, 0.05) is 39.3 Å². The summed E-state index contributed by atoms with van der Waals surface area (Å²) in [6, 6.07) is 6.52. The van der Waals surface area contributed by atoms with E-state index in [4.69, 9.17) is 4.74 Å². The average molecular weight is 350 g/mol. The van der Waals surface area contributed by atoms with Crippen molar-refractivity contribution in [2.75, 3.05) is 45.9 Å². The smallest absolute Gasteiger partial charge is 0.409 e. The molecule has 2 rings (SSSR count). The quantitative estimate of drug-likeness (QED) is 0.653. The molecule has 138 valence electrons. The SMILES string of the molecule is CCNC(=NCCc1ccc(F)cc1)N1CCN(C(=O)OCC)CC1. The standard InChI is InChI=1S/C18H27FN4O2/c1-3-20-17(21-10-9-15-5-7-16(19)8-6-15)22-11-13-23(14-12-22)18(24)25-4-2/h5-8H,3-4,9-14H2,1-2H3,(H,20,21). The zero-order valence-corrected chi connectivity index (χ0v) is 15.0. The highest BCUT2D eigenvalue weighted by Crippen LogP contribution is 2.06. The van der Waals surface area contributed by atoms with E-state index in [1.807, 2.05) is 13.8 Å². The molecular formula is C18H27FN4O2. The lowest BCUT2D eigenvalue weighted by molar-refractivity contribution is 0.0914. The Bertz CT molecular complexity index is 569. The molecule has 0 aliphatic carbocycles. The number of carbonyl (C=O) groups excluding carboxylic acids is 1. The topological polar surface area (TPSA) is 57.2 Å². The van der Waals surface area contributed by atoms with E-state index in [1.165, 1.54) is 12.1 Å². The molecule has 0 atom stereocenters. The van der Waals surface area contributed by atoms with E-state index in [0.717, 1.165) is 37.6 Å². The number of benzene rings is 1. The maximum absolute atomic E-state index is 12.9. The Morgan fingerprint density at radius 3 is 2.40 bits per heavy atom. The average Bonchev–Trinajstić information content (AvgIpc) is 2.63. The lowest BCUT2D eigenvalue weighted by Gasteiger charge is -2.35. The number of aliphatic imine (C=N–C) groups is 1. The van der Waals surface area contributed by atoms with Crippen molar-refractivity contribution in [3.05, 3.63) is 35.6 Å². The number of piperazine rings is 1. The van der Waals surface area contributed by atoms with Crippen molar-refractivity contribution in [2.45, 2.75) is 20.3 Å².